The summed E-state index contributed by atoms with van der Waals surface area (Å²) in [5, 5.41) is -0.0814. The van der Waals surface area contributed by atoms with E-state index >= 15 is 0 Å². The fourth-order valence-electron chi connectivity index (χ4n) is 1.99. The maximum Gasteiger partial charge on any atom is 0.274 e. The zero-order valence-electron chi connectivity index (χ0n) is 10.3. The summed E-state index contributed by atoms with van der Waals surface area (Å²) in [6.07, 6.45) is 1.42. The zero-order valence-corrected chi connectivity index (χ0v) is 11.1. The molecule has 7 heteroatoms. The first-order valence-corrected chi connectivity index (χ1v) is 7.42. The Kier molecular flexibility index (Phi) is 4.06. The fraction of sp³-hybridized carbons (Fsp3) is 0.636. The van der Waals surface area contributed by atoms with Crippen LogP contribution in [0.15, 0.2) is 21.6 Å². The molecule has 0 bridgehead atoms. The smallest absolute Gasteiger partial charge is 0.274 e. The Hall–Kier alpha value is -0.890. The molecule has 0 saturated carbocycles. The van der Waals surface area contributed by atoms with Crippen molar-refractivity contribution in [2.75, 3.05) is 6.61 Å². The minimum Gasteiger partial charge on any atom is -0.447 e. The van der Waals surface area contributed by atoms with E-state index in [1.54, 1.807) is 6.07 Å². The van der Waals surface area contributed by atoms with Gasteiger partial charge in [0.2, 0.25) is 5.09 Å². The SMILES string of the molecule is CC1CC(NS(=O)(=O)c2ccc(CN)o2)CCO1. The summed E-state index contributed by atoms with van der Waals surface area (Å²) < 4.78 is 37.3. The predicted molar refractivity (Wildman–Crippen MR) is 65.4 cm³/mol. The van der Waals surface area contributed by atoms with Crippen molar-refractivity contribution in [1.82, 2.24) is 4.72 Å². The monoisotopic (exact) mass is 274 g/mol. The van der Waals surface area contributed by atoms with Gasteiger partial charge in [-0.3, -0.25) is 0 Å². The van der Waals surface area contributed by atoms with E-state index in [9.17, 15) is 8.42 Å². The number of furan rings is 1. The molecule has 0 radical (unpaired) electrons. The van der Waals surface area contributed by atoms with E-state index in [-0.39, 0.29) is 23.8 Å². The van der Waals surface area contributed by atoms with Gasteiger partial charge in [-0.2, -0.15) is 0 Å². The summed E-state index contributed by atoms with van der Waals surface area (Å²) >= 11 is 0. The fourth-order valence-corrected chi connectivity index (χ4v) is 3.23. The Labute approximate surface area is 107 Å². The summed E-state index contributed by atoms with van der Waals surface area (Å²) in [4.78, 5) is 0. The van der Waals surface area contributed by atoms with Crippen molar-refractivity contribution in [3.05, 3.63) is 17.9 Å². The largest absolute Gasteiger partial charge is 0.447 e. The van der Waals surface area contributed by atoms with Gasteiger partial charge in [-0.25, -0.2) is 13.1 Å². The molecule has 1 aliphatic heterocycles. The molecule has 18 heavy (non-hydrogen) atoms. The second-order valence-corrected chi connectivity index (χ2v) is 6.09. The van der Waals surface area contributed by atoms with E-state index in [0.717, 1.165) is 0 Å². The van der Waals surface area contributed by atoms with Gasteiger partial charge in [0.15, 0.2) is 0 Å². The van der Waals surface area contributed by atoms with Crippen LogP contribution in [0.5, 0.6) is 0 Å². The number of hydrogen-bond donors (Lipinski definition) is 2. The summed E-state index contributed by atoms with van der Waals surface area (Å²) in [6.45, 7) is 2.68. The Morgan fingerprint density at radius 2 is 2.28 bits per heavy atom. The first kappa shape index (κ1) is 13.5. The average molecular weight is 274 g/mol. The molecule has 2 rings (SSSR count). The van der Waals surface area contributed by atoms with Crippen molar-refractivity contribution in [2.24, 2.45) is 5.73 Å². The highest BCUT2D eigenvalue weighted by molar-refractivity contribution is 7.89. The minimum atomic E-state index is -3.60. The molecule has 1 aliphatic rings. The normalized spacial score (nSPS) is 25.2. The molecule has 2 unspecified atom stereocenters. The second-order valence-electron chi connectivity index (χ2n) is 4.45. The van der Waals surface area contributed by atoms with Crippen LogP contribution in [0.1, 0.15) is 25.5 Å². The predicted octanol–water partition coefficient (Wildman–Crippen LogP) is 0.584. The number of nitrogens with two attached hydrogens (primary N) is 1. The van der Waals surface area contributed by atoms with E-state index in [1.807, 2.05) is 6.92 Å². The van der Waals surface area contributed by atoms with E-state index in [2.05, 4.69) is 4.72 Å². The Morgan fingerprint density at radius 3 is 2.89 bits per heavy atom. The third kappa shape index (κ3) is 3.11. The molecule has 1 aromatic rings. The Balaban J connectivity index is 2.06. The van der Waals surface area contributed by atoms with Crippen molar-refractivity contribution >= 4 is 10.0 Å². The number of sulfonamides is 1. The standard InChI is InChI=1S/C11H18N2O4S/c1-8-6-9(4-5-16-8)13-18(14,15)11-3-2-10(7-12)17-11/h2-3,8-9,13H,4-7,12H2,1H3. The lowest BCUT2D eigenvalue weighted by molar-refractivity contribution is 0.0172. The molecule has 3 N–H and O–H groups in total. The van der Waals surface area contributed by atoms with Crippen molar-refractivity contribution in [1.29, 1.82) is 0 Å². The highest BCUT2D eigenvalue weighted by Gasteiger charge is 2.26. The van der Waals surface area contributed by atoms with Crippen molar-refractivity contribution < 1.29 is 17.6 Å². The summed E-state index contributed by atoms with van der Waals surface area (Å²) in [5.74, 6) is 0.454. The van der Waals surface area contributed by atoms with Crippen LogP contribution in [0.25, 0.3) is 0 Å². The third-order valence-electron chi connectivity index (χ3n) is 2.91. The van der Waals surface area contributed by atoms with Gasteiger partial charge in [0.05, 0.1) is 12.6 Å². The van der Waals surface area contributed by atoms with Crippen LogP contribution < -0.4 is 10.5 Å². The van der Waals surface area contributed by atoms with Gasteiger partial charge in [0, 0.05) is 12.6 Å². The van der Waals surface area contributed by atoms with Gasteiger partial charge < -0.3 is 14.9 Å². The van der Waals surface area contributed by atoms with E-state index in [1.165, 1.54) is 6.07 Å². The highest BCUT2D eigenvalue weighted by Crippen LogP contribution is 2.18. The molecule has 1 aromatic heterocycles. The molecular formula is C11H18N2O4S. The van der Waals surface area contributed by atoms with E-state index in [0.29, 0.717) is 25.2 Å². The van der Waals surface area contributed by atoms with Crippen LogP contribution in [-0.2, 0) is 21.3 Å². The molecule has 0 aromatic carbocycles. The molecule has 1 fully saturated rings. The average Bonchev–Trinajstić information content (AvgIpc) is 2.77. The van der Waals surface area contributed by atoms with Gasteiger partial charge in [0.1, 0.15) is 5.76 Å². The third-order valence-corrected chi connectivity index (χ3v) is 4.30. The Bertz CT molecular complexity index is 497. The number of hydrogen-bond acceptors (Lipinski definition) is 5. The number of nitrogens with one attached hydrogen (secondary N) is 1. The molecule has 0 aliphatic carbocycles. The van der Waals surface area contributed by atoms with Crippen LogP contribution in [0, 0.1) is 0 Å². The molecule has 0 amide bonds. The second kappa shape index (κ2) is 5.40. The van der Waals surface area contributed by atoms with Crippen molar-refractivity contribution in [3.63, 3.8) is 0 Å². The molecule has 102 valence electrons. The van der Waals surface area contributed by atoms with E-state index in [4.69, 9.17) is 14.9 Å². The molecular weight excluding hydrogens is 256 g/mol. The molecule has 2 heterocycles. The zero-order chi connectivity index (χ0) is 13.2. The van der Waals surface area contributed by atoms with Crippen molar-refractivity contribution in [2.45, 2.75) is 43.5 Å². The molecule has 1 saturated heterocycles. The van der Waals surface area contributed by atoms with Crippen LogP contribution in [0.2, 0.25) is 0 Å². The first-order chi connectivity index (χ1) is 8.51. The highest BCUT2D eigenvalue weighted by atomic mass is 32.2. The minimum absolute atomic E-state index is 0.0719. The first-order valence-electron chi connectivity index (χ1n) is 5.94. The topological polar surface area (TPSA) is 94.6 Å². The van der Waals surface area contributed by atoms with Crippen molar-refractivity contribution in [3.8, 4) is 0 Å². The van der Waals surface area contributed by atoms with Gasteiger partial charge >= 0.3 is 0 Å². The van der Waals surface area contributed by atoms with Gasteiger partial charge in [-0.05, 0) is 31.9 Å². The van der Waals surface area contributed by atoms with Crippen LogP contribution >= 0.6 is 0 Å². The van der Waals surface area contributed by atoms with Crippen LogP contribution in [0.3, 0.4) is 0 Å². The maximum atomic E-state index is 12.0. The quantitative estimate of drug-likeness (QED) is 0.837. The van der Waals surface area contributed by atoms with Gasteiger partial charge in [-0.1, -0.05) is 0 Å². The molecule has 2 atom stereocenters. The van der Waals surface area contributed by atoms with Crippen LogP contribution in [0.4, 0.5) is 0 Å². The summed E-state index contributed by atoms with van der Waals surface area (Å²) in [5.41, 5.74) is 5.38. The maximum absolute atomic E-state index is 12.0. The summed E-state index contributed by atoms with van der Waals surface area (Å²) in [7, 11) is -3.60. The lowest BCUT2D eigenvalue weighted by atomic mass is 10.1. The number of rotatable bonds is 4. The lowest BCUT2D eigenvalue weighted by Gasteiger charge is -2.27. The lowest BCUT2D eigenvalue weighted by Crippen LogP contribution is -2.41. The number of ether oxygens (including phenoxy) is 1. The van der Waals surface area contributed by atoms with Gasteiger partial charge in [-0.15, -0.1) is 0 Å². The molecule has 0 spiro atoms. The summed E-state index contributed by atoms with van der Waals surface area (Å²) in [6, 6.07) is 2.89. The van der Waals surface area contributed by atoms with E-state index < -0.39 is 10.0 Å². The van der Waals surface area contributed by atoms with Crippen LogP contribution in [-0.4, -0.2) is 27.2 Å². The van der Waals surface area contributed by atoms with Gasteiger partial charge in [0.25, 0.3) is 10.0 Å². The molecule has 6 nitrogen and oxygen atoms in total. The Morgan fingerprint density at radius 1 is 1.50 bits per heavy atom.